The van der Waals surface area contributed by atoms with Crippen LogP contribution in [-0.4, -0.2) is 31.8 Å². The number of hydrogen-bond donors (Lipinski definition) is 1. The number of rotatable bonds is 3. The van der Waals surface area contributed by atoms with Crippen molar-refractivity contribution in [1.82, 2.24) is 19.6 Å². The van der Waals surface area contributed by atoms with Crippen molar-refractivity contribution in [3.63, 3.8) is 0 Å². The van der Waals surface area contributed by atoms with Crippen LogP contribution in [0.15, 0.2) is 18.6 Å². The van der Waals surface area contributed by atoms with Gasteiger partial charge in [-0.3, -0.25) is 9.36 Å². The monoisotopic (exact) mass is 222 g/mol. The molecule has 16 heavy (non-hydrogen) atoms. The van der Waals surface area contributed by atoms with Gasteiger partial charge in [0.15, 0.2) is 5.75 Å². The Morgan fingerprint density at radius 1 is 1.31 bits per heavy atom. The lowest BCUT2D eigenvalue weighted by molar-refractivity contribution is 0.204. The number of aromatic nitrogens is 4. The van der Waals surface area contributed by atoms with Crippen LogP contribution in [0.2, 0.25) is 0 Å². The molecular formula is C10H14N4O2. The molecule has 86 valence electrons. The van der Waals surface area contributed by atoms with Crippen molar-refractivity contribution >= 4 is 0 Å². The predicted molar refractivity (Wildman–Crippen MR) is 57.0 cm³/mol. The second-order valence-corrected chi connectivity index (χ2v) is 3.57. The Labute approximate surface area is 93.1 Å². The van der Waals surface area contributed by atoms with Crippen LogP contribution in [0.25, 0.3) is 0 Å². The molecule has 6 nitrogen and oxygen atoms in total. The highest BCUT2D eigenvalue weighted by Crippen LogP contribution is 2.28. The summed E-state index contributed by atoms with van der Waals surface area (Å²) in [5.41, 5.74) is 1.33. The third kappa shape index (κ3) is 1.67. The third-order valence-corrected chi connectivity index (χ3v) is 2.47. The Balaban J connectivity index is 2.40. The van der Waals surface area contributed by atoms with Crippen molar-refractivity contribution in [2.45, 2.75) is 6.10 Å². The van der Waals surface area contributed by atoms with Gasteiger partial charge in [-0.1, -0.05) is 0 Å². The smallest absolute Gasteiger partial charge is 0.162 e. The Morgan fingerprint density at radius 2 is 2.06 bits per heavy atom. The van der Waals surface area contributed by atoms with Crippen molar-refractivity contribution in [2.24, 2.45) is 14.1 Å². The number of hydrogen-bond acceptors (Lipinski definition) is 4. The molecule has 2 rings (SSSR count). The molecule has 2 heterocycles. The maximum atomic E-state index is 10.2. The Bertz CT molecular complexity index is 489. The van der Waals surface area contributed by atoms with Crippen LogP contribution < -0.4 is 4.74 Å². The molecule has 1 unspecified atom stereocenters. The summed E-state index contributed by atoms with van der Waals surface area (Å²) in [6.45, 7) is 0. The fourth-order valence-corrected chi connectivity index (χ4v) is 1.64. The maximum Gasteiger partial charge on any atom is 0.162 e. The molecule has 2 aromatic rings. The lowest BCUT2D eigenvalue weighted by atomic mass is 10.1. The van der Waals surface area contributed by atoms with E-state index in [1.54, 1.807) is 49.2 Å². The number of aliphatic hydroxyl groups is 1. The first-order valence-corrected chi connectivity index (χ1v) is 4.86. The number of ether oxygens (including phenoxy) is 1. The number of nitrogens with zero attached hydrogens (tertiary/aromatic N) is 4. The predicted octanol–water partition coefficient (Wildman–Crippen LogP) is 0.244. The molecule has 0 aromatic carbocycles. The van der Waals surface area contributed by atoms with Gasteiger partial charge in [-0.2, -0.15) is 10.2 Å². The summed E-state index contributed by atoms with van der Waals surface area (Å²) >= 11 is 0. The van der Waals surface area contributed by atoms with Crippen LogP contribution in [0.3, 0.4) is 0 Å². The van der Waals surface area contributed by atoms with Crippen LogP contribution >= 0.6 is 0 Å². The molecule has 1 atom stereocenters. The topological polar surface area (TPSA) is 65.1 Å². The number of methoxy groups -OCH3 is 1. The van der Waals surface area contributed by atoms with Crippen LogP contribution in [0, 0.1) is 0 Å². The van der Waals surface area contributed by atoms with Gasteiger partial charge in [0, 0.05) is 25.9 Å². The van der Waals surface area contributed by atoms with Gasteiger partial charge in [0.25, 0.3) is 0 Å². The standard InChI is InChI=1S/C10H14N4O2/c1-13-6-7(4-11-13)10(15)9-8(16-3)5-12-14(9)2/h4-6,10,15H,1-3H3. The van der Waals surface area contributed by atoms with E-state index in [1.165, 1.54) is 0 Å². The molecule has 0 aliphatic rings. The molecule has 0 aliphatic carbocycles. The summed E-state index contributed by atoms with van der Waals surface area (Å²) in [5.74, 6) is 0.568. The van der Waals surface area contributed by atoms with Crippen molar-refractivity contribution in [1.29, 1.82) is 0 Å². The summed E-state index contributed by atoms with van der Waals surface area (Å²) in [5, 5.41) is 18.3. The minimum absolute atomic E-state index is 0.568. The SMILES string of the molecule is COc1cnn(C)c1C(O)c1cnn(C)c1. The summed E-state index contributed by atoms with van der Waals surface area (Å²) in [6, 6.07) is 0. The lowest BCUT2D eigenvalue weighted by Crippen LogP contribution is -2.07. The van der Waals surface area contributed by atoms with E-state index < -0.39 is 6.10 Å². The van der Waals surface area contributed by atoms with E-state index in [1.807, 2.05) is 0 Å². The molecule has 0 fully saturated rings. The van der Waals surface area contributed by atoms with Crippen LogP contribution in [0.4, 0.5) is 0 Å². The highest BCUT2D eigenvalue weighted by molar-refractivity contribution is 5.32. The van der Waals surface area contributed by atoms with E-state index in [2.05, 4.69) is 10.2 Å². The van der Waals surface area contributed by atoms with E-state index in [0.29, 0.717) is 17.0 Å². The Kier molecular flexibility index (Phi) is 2.66. The van der Waals surface area contributed by atoms with Crippen LogP contribution in [0.1, 0.15) is 17.4 Å². The summed E-state index contributed by atoms with van der Waals surface area (Å²) in [7, 11) is 5.12. The van der Waals surface area contributed by atoms with Gasteiger partial charge in [-0.15, -0.1) is 0 Å². The molecule has 0 saturated carbocycles. The molecule has 6 heteroatoms. The summed E-state index contributed by atoms with van der Waals surface area (Å²) in [4.78, 5) is 0. The zero-order chi connectivity index (χ0) is 11.7. The third-order valence-electron chi connectivity index (χ3n) is 2.47. The number of aryl methyl sites for hydroxylation is 2. The average molecular weight is 222 g/mol. The van der Waals surface area contributed by atoms with E-state index >= 15 is 0 Å². The largest absolute Gasteiger partial charge is 0.493 e. The normalized spacial score (nSPS) is 12.8. The minimum Gasteiger partial charge on any atom is -0.493 e. The van der Waals surface area contributed by atoms with E-state index in [9.17, 15) is 5.11 Å². The quantitative estimate of drug-likeness (QED) is 0.808. The molecule has 0 spiro atoms. The molecule has 1 N–H and O–H groups in total. The number of aliphatic hydroxyl groups excluding tert-OH is 1. The van der Waals surface area contributed by atoms with Crippen molar-refractivity contribution in [3.8, 4) is 5.75 Å². The first-order valence-electron chi connectivity index (χ1n) is 4.86. The van der Waals surface area contributed by atoms with E-state index in [0.717, 1.165) is 0 Å². The van der Waals surface area contributed by atoms with Crippen molar-refractivity contribution in [3.05, 3.63) is 29.8 Å². The van der Waals surface area contributed by atoms with Gasteiger partial charge in [-0.25, -0.2) is 0 Å². The molecule has 0 radical (unpaired) electrons. The van der Waals surface area contributed by atoms with Gasteiger partial charge in [0.1, 0.15) is 11.8 Å². The van der Waals surface area contributed by atoms with Crippen molar-refractivity contribution in [2.75, 3.05) is 7.11 Å². The van der Waals surface area contributed by atoms with E-state index in [4.69, 9.17) is 4.74 Å². The fourth-order valence-electron chi connectivity index (χ4n) is 1.64. The van der Waals surface area contributed by atoms with Gasteiger partial charge in [-0.05, 0) is 0 Å². The molecule has 0 saturated heterocycles. The molecule has 0 amide bonds. The molecular weight excluding hydrogens is 208 g/mol. The zero-order valence-corrected chi connectivity index (χ0v) is 9.45. The minimum atomic E-state index is -0.781. The van der Waals surface area contributed by atoms with Crippen LogP contribution in [0.5, 0.6) is 5.75 Å². The Hall–Kier alpha value is -1.82. The average Bonchev–Trinajstić information content (AvgIpc) is 2.83. The fraction of sp³-hybridized carbons (Fsp3) is 0.400. The van der Waals surface area contributed by atoms with Gasteiger partial charge < -0.3 is 9.84 Å². The lowest BCUT2D eigenvalue weighted by Gasteiger charge is -2.10. The zero-order valence-electron chi connectivity index (χ0n) is 9.45. The van der Waals surface area contributed by atoms with Gasteiger partial charge in [0.05, 0.1) is 19.5 Å². The van der Waals surface area contributed by atoms with Gasteiger partial charge >= 0.3 is 0 Å². The van der Waals surface area contributed by atoms with Crippen LogP contribution in [-0.2, 0) is 14.1 Å². The van der Waals surface area contributed by atoms with Gasteiger partial charge in [0.2, 0.25) is 0 Å². The molecule has 2 aromatic heterocycles. The maximum absolute atomic E-state index is 10.2. The summed E-state index contributed by atoms with van der Waals surface area (Å²) in [6.07, 6.45) is 4.18. The molecule has 0 aliphatic heterocycles. The molecule has 0 bridgehead atoms. The summed E-state index contributed by atoms with van der Waals surface area (Å²) < 4.78 is 8.38. The Morgan fingerprint density at radius 3 is 2.62 bits per heavy atom. The first kappa shape index (κ1) is 10.7. The van der Waals surface area contributed by atoms with Crippen molar-refractivity contribution < 1.29 is 9.84 Å². The second-order valence-electron chi connectivity index (χ2n) is 3.57. The highest BCUT2D eigenvalue weighted by atomic mass is 16.5. The highest BCUT2D eigenvalue weighted by Gasteiger charge is 2.21. The van der Waals surface area contributed by atoms with E-state index in [-0.39, 0.29) is 0 Å². The first-order chi connectivity index (χ1) is 7.63. The second kappa shape index (κ2) is 3.97.